The Kier molecular flexibility index (Phi) is 3.18. The van der Waals surface area contributed by atoms with Gasteiger partial charge in [-0.15, -0.1) is 0 Å². The summed E-state index contributed by atoms with van der Waals surface area (Å²) in [6, 6.07) is 0. The fourth-order valence-corrected chi connectivity index (χ4v) is 2.18. The van der Waals surface area contributed by atoms with Crippen LogP contribution in [0, 0.1) is 0 Å². The van der Waals surface area contributed by atoms with Crippen LogP contribution in [-0.4, -0.2) is 33.8 Å². The van der Waals surface area contributed by atoms with Crippen molar-refractivity contribution in [3.63, 3.8) is 0 Å². The number of anilines is 1. The van der Waals surface area contributed by atoms with Crippen molar-refractivity contribution in [1.29, 1.82) is 0 Å². The lowest BCUT2D eigenvalue weighted by Gasteiger charge is -2.38. The Bertz CT molecular complexity index is 434. The molecule has 0 aliphatic carbocycles. The number of aliphatic hydroxyl groups is 1. The Morgan fingerprint density at radius 3 is 2.78 bits per heavy atom. The summed E-state index contributed by atoms with van der Waals surface area (Å²) in [5, 5.41) is 9.93. The molecule has 1 saturated heterocycles. The van der Waals surface area contributed by atoms with E-state index < -0.39 is 17.3 Å². The van der Waals surface area contributed by atoms with E-state index in [0.29, 0.717) is 19.4 Å². The molecule has 7 heteroatoms. The van der Waals surface area contributed by atoms with Gasteiger partial charge in [-0.3, -0.25) is 0 Å². The normalized spacial score (nSPS) is 25.3. The summed E-state index contributed by atoms with van der Waals surface area (Å²) in [4.78, 5) is 8.61. The van der Waals surface area contributed by atoms with Crippen molar-refractivity contribution in [3.05, 3.63) is 18.1 Å². The number of rotatable bonds is 1. The van der Waals surface area contributed by atoms with Gasteiger partial charge in [0.05, 0.1) is 5.60 Å². The molecule has 1 aliphatic heterocycles. The summed E-state index contributed by atoms with van der Waals surface area (Å²) in [6.07, 6.45) is -1.41. The van der Waals surface area contributed by atoms with Crippen molar-refractivity contribution in [2.24, 2.45) is 0 Å². The van der Waals surface area contributed by atoms with Gasteiger partial charge in [-0.1, -0.05) is 0 Å². The number of hydrogen-bond acceptors (Lipinski definition) is 4. The maximum atomic E-state index is 12.8. The number of β-amino-alcohol motifs (C(OH)–C–C–N with tert-alkyl or cyclic N) is 1. The number of aromatic nitrogens is 2. The lowest BCUT2D eigenvalue weighted by atomic mass is 9.95. The average molecular weight is 261 g/mol. The first-order valence-corrected chi connectivity index (χ1v) is 5.64. The molecule has 1 N–H and O–H groups in total. The lowest BCUT2D eigenvalue weighted by Crippen LogP contribution is -2.47. The Labute approximate surface area is 102 Å². The molecule has 1 fully saturated rings. The molecular formula is C11H14F3N3O. The highest BCUT2D eigenvalue weighted by Gasteiger charge is 2.38. The molecule has 100 valence electrons. The third kappa shape index (κ3) is 2.72. The van der Waals surface area contributed by atoms with Crippen LogP contribution < -0.4 is 4.90 Å². The zero-order valence-corrected chi connectivity index (χ0v) is 9.91. The first kappa shape index (κ1) is 13.1. The highest BCUT2D eigenvalue weighted by molar-refractivity contribution is 5.47. The molecule has 0 unspecified atom stereocenters. The standard InChI is InChI=1S/C11H14F3N3O/c1-10(18)3-2-4-17(6-10)9-8(11(12,13)14)5-15-7-16-9/h5,7,18H,2-4,6H2,1H3/t10-/m0/s1. The number of piperidine rings is 1. The van der Waals surface area contributed by atoms with Gasteiger partial charge in [0.25, 0.3) is 0 Å². The largest absolute Gasteiger partial charge is 0.421 e. The molecular weight excluding hydrogens is 247 g/mol. The van der Waals surface area contributed by atoms with E-state index in [1.807, 2.05) is 0 Å². The third-order valence-electron chi connectivity index (χ3n) is 2.97. The van der Waals surface area contributed by atoms with Gasteiger partial charge in [0.2, 0.25) is 0 Å². The van der Waals surface area contributed by atoms with Gasteiger partial charge >= 0.3 is 6.18 Å². The lowest BCUT2D eigenvalue weighted by molar-refractivity contribution is -0.137. The fourth-order valence-electron chi connectivity index (χ4n) is 2.18. The third-order valence-corrected chi connectivity index (χ3v) is 2.97. The fraction of sp³-hybridized carbons (Fsp3) is 0.636. The molecule has 2 heterocycles. The molecule has 18 heavy (non-hydrogen) atoms. The summed E-state index contributed by atoms with van der Waals surface area (Å²) in [6.45, 7) is 2.22. The molecule has 0 aromatic carbocycles. The van der Waals surface area contributed by atoms with E-state index in [4.69, 9.17) is 0 Å². The van der Waals surface area contributed by atoms with Crippen LogP contribution in [0.25, 0.3) is 0 Å². The van der Waals surface area contributed by atoms with Gasteiger partial charge in [0, 0.05) is 19.3 Å². The molecule has 1 aromatic heterocycles. The second-order valence-corrected chi connectivity index (χ2v) is 4.78. The smallest absolute Gasteiger partial charge is 0.388 e. The molecule has 0 spiro atoms. The van der Waals surface area contributed by atoms with Crippen molar-refractivity contribution < 1.29 is 18.3 Å². The van der Waals surface area contributed by atoms with Crippen LogP contribution in [-0.2, 0) is 6.18 Å². The number of hydrogen-bond donors (Lipinski definition) is 1. The summed E-state index contributed by atoms with van der Waals surface area (Å²) in [7, 11) is 0. The maximum absolute atomic E-state index is 12.8. The van der Waals surface area contributed by atoms with Gasteiger partial charge in [-0.05, 0) is 19.8 Å². The topological polar surface area (TPSA) is 49.2 Å². The quantitative estimate of drug-likeness (QED) is 0.838. The molecule has 2 rings (SSSR count). The van der Waals surface area contributed by atoms with E-state index in [9.17, 15) is 18.3 Å². The SMILES string of the molecule is C[C@]1(O)CCCN(c2ncncc2C(F)(F)F)C1. The highest BCUT2D eigenvalue weighted by Crippen LogP contribution is 2.36. The summed E-state index contributed by atoms with van der Waals surface area (Å²) in [5.74, 6) is -0.155. The number of nitrogens with zero attached hydrogens (tertiary/aromatic N) is 3. The van der Waals surface area contributed by atoms with Crippen LogP contribution in [0.5, 0.6) is 0 Å². The van der Waals surface area contributed by atoms with Crippen LogP contribution in [0.1, 0.15) is 25.3 Å². The minimum absolute atomic E-state index is 0.146. The minimum Gasteiger partial charge on any atom is -0.388 e. The molecule has 0 amide bonds. The Balaban J connectivity index is 2.33. The molecule has 0 bridgehead atoms. The molecule has 1 aliphatic rings. The molecule has 1 aromatic rings. The van der Waals surface area contributed by atoms with E-state index in [2.05, 4.69) is 9.97 Å². The van der Waals surface area contributed by atoms with E-state index in [-0.39, 0.29) is 12.4 Å². The van der Waals surface area contributed by atoms with E-state index >= 15 is 0 Å². The number of alkyl halides is 3. The summed E-state index contributed by atoms with van der Waals surface area (Å²) in [5.41, 5.74) is -1.84. The Hall–Kier alpha value is -1.37. The van der Waals surface area contributed by atoms with Crippen LogP contribution in [0.4, 0.5) is 19.0 Å². The van der Waals surface area contributed by atoms with Crippen molar-refractivity contribution in [2.75, 3.05) is 18.0 Å². The Morgan fingerprint density at radius 2 is 2.17 bits per heavy atom. The minimum atomic E-state index is -4.49. The second-order valence-electron chi connectivity index (χ2n) is 4.78. The van der Waals surface area contributed by atoms with Gasteiger partial charge in [0.15, 0.2) is 0 Å². The predicted octanol–water partition coefficient (Wildman–Crippen LogP) is 1.85. The Morgan fingerprint density at radius 1 is 1.44 bits per heavy atom. The van der Waals surface area contributed by atoms with Crippen LogP contribution in [0.15, 0.2) is 12.5 Å². The molecule has 0 radical (unpaired) electrons. The highest BCUT2D eigenvalue weighted by atomic mass is 19.4. The zero-order chi connectivity index (χ0) is 13.4. The van der Waals surface area contributed by atoms with Crippen molar-refractivity contribution in [1.82, 2.24) is 9.97 Å². The average Bonchev–Trinajstić information content (AvgIpc) is 2.26. The van der Waals surface area contributed by atoms with Crippen LogP contribution in [0.3, 0.4) is 0 Å². The maximum Gasteiger partial charge on any atom is 0.421 e. The van der Waals surface area contributed by atoms with Crippen LogP contribution >= 0.6 is 0 Å². The molecule has 4 nitrogen and oxygen atoms in total. The van der Waals surface area contributed by atoms with E-state index in [1.165, 1.54) is 4.90 Å². The van der Waals surface area contributed by atoms with Gasteiger partial charge < -0.3 is 10.0 Å². The van der Waals surface area contributed by atoms with Gasteiger partial charge in [0.1, 0.15) is 17.7 Å². The second kappa shape index (κ2) is 4.38. The van der Waals surface area contributed by atoms with Crippen molar-refractivity contribution >= 4 is 5.82 Å². The number of halogens is 3. The summed E-state index contributed by atoms with van der Waals surface area (Å²) >= 11 is 0. The van der Waals surface area contributed by atoms with Crippen molar-refractivity contribution in [2.45, 2.75) is 31.5 Å². The molecule has 0 saturated carbocycles. The molecule has 1 atom stereocenters. The first-order valence-electron chi connectivity index (χ1n) is 5.64. The van der Waals surface area contributed by atoms with E-state index in [0.717, 1.165) is 12.5 Å². The van der Waals surface area contributed by atoms with Gasteiger partial charge in [-0.2, -0.15) is 13.2 Å². The zero-order valence-electron chi connectivity index (χ0n) is 9.91. The van der Waals surface area contributed by atoms with Crippen LogP contribution in [0.2, 0.25) is 0 Å². The van der Waals surface area contributed by atoms with E-state index in [1.54, 1.807) is 6.92 Å². The first-order chi connectivity index (χ1) is 8.30. The summed E-state index contributed by atoms with van der Waals surface area (Å²) < 4.78 is 38.5. The monoisotopic (exact) mass is 261 g/mol. The van der Waals surface area contributed by atoms with Gasteiger partial charge in [-0.25, -0.2) is 9.97 Å². The van der Waals surface area contributed by atoms with Crippen molar-refractivity contribution in [3.8, 4) is 0 Å². The predicted molar refractivity (Wildman–Crippen MR) is 59.1 cm³/mol.